The fourth-order valence-electron chi connectivity index (χ4n) is 1.97. The zero-order valence-corrected chi connectivity index (χ0v) is 11.8. The summed E-state index contributed by atoms with van der Waals surface area (Å²) < 4.78 is 0. The average molecular weight is 281 g/mol. The molecule has 0 atom stereocenters. The van der Waals surface area contributed by atoms with E-state index in [1.807, 2.05) is 44.4 Å². The lowest BCUT2D eigenvalue weighted by molar-refractivity contribution is 0.970. The molecule has 0 bridgehead atoms. The van der Waals surface area contributed by atoms with Gasteiger partial charge >= 0.3 is 0 Å². The van der Waals surface area contributed by atoms with Crippen molar-refractivity contribution in [2.75, 3.05) is 30.0 Å². The number of anilines is 4. The molecular formula is C14H15N7. The quantitative estimate of drug-likeness (QED) is 0.756. The molecule has 3 aromatic rings. The predicted molar refractivity (Wildman–Crippen MR) is 83.6 cm³/mol. The van der Waals surface area contributed by atoms with Gasteiger partial charge in [-0.05, 0) is 24.3 Å². The summed E-state index contributed by atoms with van der Waals surface area (Å²) >= 11 is 0. The van der Waals surface area contributed by atoms with Crippen molar-refractivity contribution >= 4 is 34.4 Å². The fourth-order valence-corrected chi connectivity index (χ4v) is 1.97. The molecule has 106 valence electrons. The van der Waals surface area contributed by atoms with Gasteiger partial charge < -0.3 is 16.0 Å². The van der Waals surface area contributed by atoms with E-state index in [4.69, 9.17) is 5.73 Å². The summed E-state index contributed by atoms with van der Waals surface area (Å²) in [4.78, 5) is 18.6. The molecule has 0 aliphatic carbocycles. The Labute approximate surface area is 121 Å². The summed E-state index contributed by atoms with van der Waals surface area (Å²) in [7, 11) is 3.70. The minimum atomic E-state index is 0.176. The molecule has 0 spiro atoms. The van der Waals surface area contributed by atoms with E-state index >= 15 is 0 Å². The van der Waals surface area contributed by atoms with Crippen LogP contribution in [0.1, 0.15) is 0 Å². The van der Waals surface area contributed by atoms with E-state index < -0.39 is 0 Å². The van der Waals surface area contributed by atoms with Gasteiger partial charge in [0.05, 0.1) is 11.2 Å². The van der Waals surface area contributed by atoms with Crippen LogP contribution in [-0.4, -0.2) is 34.0 Å². The van der Waals surface area contributed by atoms with E-state index in [2.05, 4.69) is 25.3 Å². The van der Waals surface area contributed by atoms with Crippen LogP contribution in [0.4, 0.5) is 23.5 Å². The largest absolute Gasteiger partial charge is 0.368 e. The molecule has 0 aliphatic rings. The maximum absolute atomic E-state index is 5.72. The van der Waals surface area contributed by atoms with E-state index in [1.165, 1.54) is 0 Å². The normalized spacial score (nSPS) is 10.6. The number of nitrogens with zero attached hydrogens (tertiary/aromatic N) is 5. The first-order chi connectivity index (χ1) is 10.1. The Balaban J connectivity index is 2.03. The van der Waals surface area contributed by atoms with E-state index in [0.29, 0.717) is 11.9 Å². The lowest BCUT2D eigenvalue weighted by Crippen LogP contribution is -2.15. The number of hydrogen-bond acceptors (Lipinski definition) is 7. The molecule has 7 nitrogen and oxygen atoms in total. The van der Waals surface area contributed by atoms with E-state index in [0.717, 1.165) is 16.6 Å². The predicted octanol–water partition coefficient (Wildman–Crippen LogP) is 1.81. The second kappa shape index (κ2) is 5.20. The Morgan fingerprint density at radius 2 is 1.90 bits per heavy atom. The van der Waals surface area contributed by atoms with E-state index in [9.17, 15) is 0 Å². The van der Waals surface area contributed by atoms with Crippen LogP contribution < -0.4 is 16.0 Å². The summed E-state index contributed by atoms with van der Waals surface area (Å²) in [6.45, 7) is 0. The minimum Gasteiger partial charge on any atom is -0.368 e. The van der Waals surface area contributed by atoms with Gasteiger partial charge in [0, 0.05) is 25.7 Å². The van der Waals surface area contributed by atoms with E-state index in [1.54, 1.807) is 11.1 Å². The van der Waals surface area contributed by atoms with Gasteiger partial charge in [0.15, 0.2) is 0 Å². The van der Waals surface area contributed by atoms with Crippen LogP contribution in [-0.2, 0) is 0 Å². The van der Waals surface area contributed by atoms with Crippen molar-refractivity contribution in [3.05, 3.63) is 36.5 Å². The van der Waals surface area contributed by atoms with Gasteiger partial charge in [-0.2, -0.15) is 15.0 Å². The highest BCUT2D eigenvalue weighted by molar-refractivity contribution is 5.92. The standard InChI is InChI=1S/C14H15N7/c1-21(2)14-19-12(15)18-13(20-14)17-11-7-3-6-10-9(11)5-4-8-16-10/h3-8H,1-2H3,(H3,15,17,18,19,20). The first-order valence-electron chi connectivity index (χ1n) is 6.43. The number of benzene rings is 1. The van der Waals surface area contributed by atoms with Gasteiger partial charge in [0.2, 0.25) is 17.8 Å². The molecule has 0 amide bonds. The van der Waals surface area contributed by atoms with Crippen molar-refractivity contribution in [1.29, 1.82) is 0 Å². The third-order valence-corrected chi connectivity index (χ3v) is 2.93. The van der Waals surface area contributed by atoms with Crippen LogP contribution in [0.2, 0.25) is 0 Å². The molecule has 0 unspecified atom stereocenters. The molecule has 7 heteroatoms. The molecule has 21 heavy (non-hydrogen) atoms. The summed E-state index contributed by atoms with van der Waals surface area (Å²) in [6, 6.07) is 9.70. The number of hydrogen-bond donors (Lipinski definition) is 2. The Bertz CT molecular complexity index is 780. The highest BCUT2D eigenvalue weighted by Crippen LogP contribution is 2.24. The number of fused-ring (bicyclic) bond motifs is 1. The number of nitrogens with one attached hydrogen (secondary N) is 1. The number of aromatic nitrogens is 4. The first-order valence-corrected chi connectivity index (χ1v) is 6.43. The second-order valence-corrected chi connectivity index (χ2v) is 4.71. The summed E-state index contributed by atoms with van der Waals surface area (Å²) in [5.74, 6) is 1.08. The Morgan fingerprint density at radius 1 is 1.05 bits per heavy atom. The number of nitrogen functional groups attached to an aromatic ring is 1. The Kier molecular flexibility index (Phi) is 3.23. The average Bonchev–Trinajstić information content (AvgIpc) is 2.47. The number of pyridine rings is 1. The topological polar surface area (TPSA) is 92.9 Å². The number of rotatable bonds is 3. The lowest BCUT2D eigenvalue weighted by atomic mass is 10.2. The molecule has 3 rings (SSSR count). The summed E-state index contributed by atoms with van der Waals surface area (Å²) in [6.07, 6.45) is 1.76. The van der Waals surface area contributed by atoms with Crippen molar-refractivity contribution in [2.45, 2.75) is 0 Å². The van der Waals surface area contributed by atoms with Crippen molar-refractivity contribution < 1.29 is 0 Å². The maximum atomic E-state index is 5.72. The van der Waals surface area contributed by atoms with Crippen molar-refractivity contribution in [3.8, 4) is 0 Å². The van der Waals surface area contributed by atoms with Gasteiger partial charge in [-0.15, -0.1) is 0 Å². The van der Waals surface area contributed by atoms with Crippen LogP contribution >= 0.6 is 0 Å². The van der Waals surface area contributed by atoms with Crippen molar-refractivity contribution in [1.82, 2.24) is 19.9 Å². The van der Waals surface area contributed by atoms with Gasteiger partial charge in [-0.3, -0.25) is 4.98 Å². The highest BCUT2D eigenvalue weighted by Gasteiger charge is 2.08. The lowest BCUT2D eigenvalue weighted by Gasteiger charge is -2.13. The van der Waals surface area contributed by atoms with Gasteiger partial charge in [0.1, 0.15) is 0 Å². The summed E-state index contributed by atoms with van der Waals surface area (Å²) in [5.41, 5.74) is 7.49. The van der Waals surface area contributed by atoms with Crippen LogP contribution in [0.25, 0.3) is 10.9 Å². The molecule has 0 saturated carbocycles. The molecule has 0 fully saturated rings. The van der Waals surface area contributed by atoms with Crippen LogP contribution in [0.15, 0.2) is 36.5 Å². The molecule has 0 radical (unpaired) electrons. The van der Waals surface area contributed by atoms with Gasteiger partial charge in [-0.1, -0.05) is 6.07 Å². The smallest absolute Gasteiger partial charge is 0.233 e. The zero-order valence-electron chi connectivity index (χ0n) is 11.8. The maximum Gasteiger partial charge on any atom is 0.233 e. The third-order valence-electron chi connectivity index (χ3n) is 2.93. The summed E-state index contributed by atoms with van der Waals surface area (Å²) in [5, 5.41) is 4.17. The van der Waals surface area contributed by atoms with Gasteiger partial charge in [0.25, 0.3) is 0 Å². The second-order valence-electron chi connectivity index (χ2n) is 4.71. The Hall–Kier alpha value is -2.96. The SMILES string of the molecule is CN(C)c1nc(N)nc(Nc2cccc3ncccc23)n1. The molecule has 2 heterocycles. The van der Waals surface area contributed by atoms with E-state index in [-0.39, 0.29) is 5.95 Å². The number of nitrogens with two attached hydrogens (primary N) is 1. The molecule has 2 aromatic heterocycles. The van der Waals surface area contributed by atoms with Gasteiger partial charge in [-0.25, -0.2) is 0 Å². The van der Waals surface area contributed by atoms with Crippen molar-refractivity contribution in [3.63, 3.8) is 0 Å². The first kappa shape index (κ1) is 13.0. The molecule has 0 saturated heterocycles. The monoisotopic (exact) mass is 281 g/mol. The van der Waals surface area contributed by atoms with Crippen LogP contribution in [0, 0.1) is 0 Å². The minimum absolute atomic E-state index is 0.176. The Morgan fingerprint density at radius 3 is 2.71 bits per heavy atom. The fraction of sp³-hybridized carbons (Fsp3) is 0.143. The van der Waals surface area contributed by atoms with Crippen LogP contribution in [0.3, 0.4) is 0 Å². The molecule has 1 aromatic carbocycles. The highest BCUT2D eigenvalue weighted by atomic mass is 15.3. The van der Waals surface area contributed by atoms with Crippen molar-refractivity contribution in [2.24, 2.45) is 0 Å². The zero-order chi connectivity index (χ0) is 14.8. The van der Waals surface area contributed by atoms with Crippen LogP contribution in [0.5, 0.6) is 0 Å². The third kappa shape index (κ3) is 2.66. The molecular weight excluding hydrogens is 266 g/mol. The molecule has 0 aliphatic heterocycles. The molecule has 3 N–H and O–H groups in total.